The van der Waals surface area contributed by atoms with E-state index in [1.54, 1.807) is 18.2 Å². The van der Waals surface area contributed by atoms with Crippen LogP contribution in [-0.2, 0) is 0 Å². The van der Waals surface area contributed by atoms with E-state index in [4.69, 9.17) is 11.6 Å². The Hall–Kier alpha value is -2.23. The molecule has 0 aliphatic carbocycles. The zero-order valence-corrected chi connectivity index (χ0v) is 14.0. The van der Waals surface area contributed by atoms with Crippen LogP contribution in [0.25, 0.3) is 16.6 Å². The van der Waals surface area contributed by atoms with E-state index in [2.05, 4.69) is 11.2 Å². The number of aryl methyl sites for hydroxylation is 1. The zero-order chi connectivity index (χ0) is 16.2. The van der Waals surface area contributed by atoms with Crippen LogP contribution in [0.1, 0.15) is 20.8 Å². The first kappa shape index (κ1) is 15.7. The Morgan fingerprint density at radius 3 is 2.65 bits per heavy atom. The highest BCUT2D eigenvalue weighted by Crippen LogP contribution is 2.26. The molecule has 0 aliphatic heterocycles. The van der Waals surface area contributed by atoms with Gasteiger partial charge in [-0.1, -0.05) is 54.1 Å². The van der Waals surface area contributed by atoms with E-state index in [1.165, 1.54) is 11.3 Å². The lowest BCUT2D eigenvalue weighted by molar-refractivity contribution is 0.105. The zero-order valence-electron chi connectivity index (χ0n) is 12.4. The van der Waals surface area contributed by atoms with Crippen molar-refractivity contribution in [3.63, 3.8) is 0 Å². The van der Waals surface area contributed by atoms with E-state index < -0.39 is 0 Å². The number of hydrogen-bond acceptors (Lipinski definition) is 3. The number of nitrogens with zero attached hydrogens (tertiary/aromatic N) is 1. The van der Waals surface area contributed by atoms with Crippen LogP contribution in [-0.4, -0.2) is 10.8 Å². The summed E-state index contributed by atoms with van der Waals surface area (Å²) < 4.78 is 0. The fourth-order valence-corrected chi connectivity index (χ4v) is 3.00. The molecule has 1 heterocycles. The highest BCUT2D eigenvalue weighted by Gasteiger charge is 2.10. The Morgan fingerprint density at radius 2 is 1.91 bits per heavy atom. The van der Waals surface area contributed by atoms with Crippen molar-refractivity contribution < 1.29 is 4.79 Å². The first-order valence-electron chi connectivity index (χ1n) is 7.06. The number of aromatic nitrogens is 1. The Labute approximate surface area is 144 Å². The number of halogens is 1. The fraction of sp³-hybridized carbons (Fsp3) is 0.0526. The second kappa shape index (κ2) is 6.90. The topological polar surface area (TPSA) is 30.0 Å². The molecular formula is C19H13ClNOS. The van der Waals surface area contributed by atoms with Crippen LogP contribution >= 0.6 is 22.9 Å². The van der Waals surface area contributed by atoms with Crippen molar-refractivity contribution in [2.45, 2.75) is 6.92 Å². The summed E-state index contributed by atoms with van der Waals surface area (Å²) in [5.74, 6) is -0.0917. The molecule has 0 spiro atoms. The third kappa shape index (κ3) is 3.76. The molecule has 3 rings (SSSR count). The molecule has 0 amide bonds. The van der Waals surface area contributed by atoms with Gasteiger partial charge in [-0.2, -0.15) is 0 Å². The molecule has 2 nitrogen and oxygen atoms in total. The predicted molar refractivity (Wildman–Crippen MR) is 95.9 cm³/mol. The first-order valence-corrected chi connectivity index (χ1v) is 8.25. The van der Waals surface area contributed by atoms with Crippen LogP contribution in [0, 0.1) is 13.1 Å². The number of ketones is 1. The first-order chi connectivity index (χ1) is 11.1. The molecule has 0 N–H and O–H groups in total. The van der Waals surface area contributed by atoms with Gasteiger partial charge >= 0.3 is 0 Å². The number of benzene rings is 2. The van der Waals surface area contributed by atoms with E-state index in [0.717, 1.165) is 21.7 Å². The van der Waals surface area contributed by atoms with Gasteiger partial charge in [-0.25, -0.2) is 4.98 Å². The molecule has 4 heteroatoms. The van der Waals surface area contributed by atoms with Crippen molar-refractivity contribution in [2.24, 2.45) is 0 Å². The standard InChI is InChI=1S/C19H13ClNOS/c1-13-4-2-3-5-14(13)8-11-17(22)18-12-21-19(23-18)15-6-9-16(20)10-7-15/h2-11H,1H3. The van der Waals surface area contributed by atoms with Crippen LogP contribution < -0.4 is 0 Å². The Kier molecular flexibility index (Phi) is 4.70. The Bertz CT molecular complexity index is 865. The smallest absolute Gasteiger partial charge is 0.198 e. The van der Waals surface area contributed by atoms with Crippen molar-refractivity contribution in [2.75, 3.05) is 0 Å². The Balaban J connectivity index is 1.79. The average Bonchev–Trinajstić information content (AvgIpc) is 3.04. The number of thiazole rings is 1. The lowest BCUT2D eigenvalue weighted by Crippen LogP contribution is -1.89. The second-order valence-electron chi connectivity index (χ2n) is 5.02. The molecule has 0 bridgehead atoms. The van der Waals surface area contributed by atoms with E-state index in [9.17, 15) is 4.79 Å². The monoisotopic (exact) mass is 338 g/mol. The van der Waals surface area contributed by atoms with E-state index in [1.807, 2.05) is 49.4 Å². The van der Waals surface area contributed by atoms with Gasteiger partial charge in [-0.05, 0) is 36.3 Å². The number of hydrogen-bond donors (Lipinski definition) is 0. The maximum absolute atomic E-state index is 12.3. The van der Waals surface area contributed by atoms with Gasteiger partial charge in [0.15, 0.2) is 5.78 Å². The molecule has 2 aromatic carbocycles. The van der Waals surface area contributed by atoms with E-state index >= 15 is 0 Å². The SMILES string of the molecule is Cc1ccccc1C=CC(=O)c1[c]nc(-c2ccc(Cl)cc2)s1. The number of allylic oxidation sites excluding steroid dienone is 1. The van der Waals surface area contributed by atoms with Crippen molar-refractivity contribution in [1.82, 2.24) is 4.98 Å². The summed E-state index contributed by atoms with van der Waals surface area (Å²) in [5, 5.41) is 1.43. The highest BCUT2D eigenvalue weighted by atomic mass is 35.5. The van der Waals surface area contributed by atoms with Gasteiger partial charge < -0.3 is 0 Å². The van der Waals surface area contributed by atoms with Crippen molar-refractivity contribution in [3.8, 4) is 10.6 Å². The summed E-state index contributed by atoms with van der Waals surface area (Å²) >= 11 is 7.21. The van der Waals surface area contributed by atoms with Crippen molar-refractivity contribution >= 4 is 34.8 Å². The molecule has 3 aromatic rings. The molecule has 113 valence electrons. The Morgan fingerprint density at radius 1 is 1.17 bits per heavy atom. The second-order valence-corrected chi connectivity index (χ2v) is 6.46. The van der Waals surface area contributed by atoms with Gasteiger partial charge in [-0.15, -0.1) is 11.3 Å². The number of carbonyl (C=O) groups excluding carboxylic acids is 1. The molecule has 0 saturated heterocycles. The molecule has 0 fully saturated rings. The number of rotatable bonds is 4. The summed E-state index contributed by atoms with van der Waals surface area (Å²) in [7, 11) is 0. The molecule has 1 aromatic heterocycles. The minimum absolute atomic E-state index is 0.0917. The van der Waals surface area contributed by atoms with Crippen LogP contribution in [0.3, 0.4) is 0 Å². The summed E-state index contributed by atoms with van der Waals surface area (Å²) in [4.78, 5) is 17.0. The van der Waals surface area contributed by atoms with Crippen LogP contribution in [0.4, 0.5) is 0 Å². The van der Waals surface area contributed by atoms with Gasteiger partial charge in [0, 0.05) is 10.6 Å². The lowest BCUT2D eigenvalue weighted by Gasteiger charge is -1.97. The minimum Gasteiger partial charge on any atom is -0.288 e. The summed E-state index contributed by atoms with van der Waals surface area (Å²) in [6, 6.07) is 15.3. The summed E-state index contributed by atoms with van der Waals surface area (Å²) in [5.41, 5.74) is 3.09. The number of carbonyl (C=O) groups is 1. The molecule has 0 atom stereocenters. The molecular weight excluding hydrogens is 326 g/mol. The predicted octanol–water partition coefficient (Wildman–Crippen LogP) is 5.47. The molecule has 0 unspecified atom stereocenters. The van der Waals surface area contributed by atoms with Gasteiger partial charge in [0.25, 0.3) is 0 Å². The van der Waals surface area contributed by atoms with Gasteiger partial charge in [0.05, 0.1) is 0 Å². The summed E-state index contributed by atoms with van der Waals surface area (Å²) in [6.07, 6.45) is 6.20. The van der Waals surface area contributed by atoms with Crippen molar-refractivity contribution in [1.29, 1.82) is 0 Å². The van der Waals surface area contributed by atoms with Crippen LogP contribution in [0.5, 0.6) is 0 Å². The largest absolute Gasteiger partial charge is 0.288 e. The third-order valence-electron chi connectivity index (χ3n) is 3.38. The summed E-state index contributed by atoms with van der Waals surface area (Å²) in [6.45, 7) is 2.02. The minimum atomic E-state index is -0.0917. The maximum atomic E-state index is 12.3. The fourth-order valence-electron chi connectivity index (χ4n) is 2.08. The van der Waals surface area contributed by atoms with Gasteiger partial charge in [-0.3, -0.25) is 4.79 Å². The van der Waals surface area contributed by atoms with Crippen LogP contribution in [0.2, 0.25) is 5.02 Å². The van der Waals surface area contributed by atoms with E-state index in [0.29, 0.717) is 9.90 Å². The molecule has 1 radical (unpaired) electrons. The molecule has 23 heavy (non-hydrogen) atoms. The van der Waals surface area contributed by atoms with Gasteiger partial charge in [0.2, 0.25) is 0 Å². The van der Waals surface area contributed by atoms with Crippen molar-refractivity contribution in [3.05, 3.63) is 81.8 Å². The normalized spacial score (nSPS) is 11.0. The quantitative estimate of drug-likeness (QED) is 0.466. The van der Waals surface area contributed by atoms with Gasteiger partial charge in [0.1, 0.15) is 16.1 Å². The molecule has 0 aliphatic rings. The highest BCUT2D eigenvalue weighted by molar-refractivity contribution is 7.17. The maximum Gasteiger partial charge on any atom is 0.198 e. The third-order valence-corrected chi connectivity index (χ3v) is 4.64. The van der Waals surface area contributed by atoms with E-state index in [-0.39, 0.29) is 5.78 Å². The average molecular weight is 339 g/mol. The lowest BCUT2D eigenvalue weighted by atomic mass is 10.1. The van der Waals surface area contributed by atoms with Crippen LogP contribution in [0.15, 0.2) is 54.6 Å². The molecule has 0 saturated carbocycles.